The van der Waals surface area contributed by atoms with Gasteiger partial charge < -0.3 is 14.7 Å². The molecule has 0 bridgehead atoms. The Hall–Kier alpha value is -3.34. The molecule has 11 heteroatoms. The molecule has 1 N–H and O–H groups in total. The zero-order valence-electron chi connectivity index (χ0n) is 20.4. The zero-order chi connectivity index (χ0) is 28.3. The van der Waals surface area contributed by atoms with Crippen molar-refractivity contribution in [3.8, 4) is 5.75 Å². The highest BCUT2D eigenvalue weighted by molar-refractivity contribution is 5.59. The lowest BCUT2D eigenvalue weighted by Crippen LogP contribution is -2.41. The number of aliphatic hydroxyl groups excluding tert-OH is 1. The summed E-state index contributed by atoms with van der Waals surface area (Å²) < 4.78 is 112. The topological polar surface area (TPSA) is 32.7 Å². The minimum Gasteiger partial charge on any atom is -0.487 e. The van der Waals surface area contributed by atoms with Crippen LogP contribution >= 0.6 is 0 Å². The number of aliphatic hydroxyl groups is 1. The van der Waals surface area contributed by atoms with Gasteiger partial charge in [-0.2, -0.15) is 35.1 Å². The maximum atomic E-state index is 13.9. The van der Waals surface area contributed by atoms with Gasteiger partial charge in [-0.05, 0) is 43.2 Å². The lowest BCUT2D eigenvalue weighted by atomic mass is 10.0. The van der Waals surface area contributed by atoms with Gasteiger partial charge in [-0.15, -0.1) is 0 Å². The third-order valence-electron chi connectivity index (χ3n) is 5.67. The molecule has 0 amide bonds. The van der Waals surface area contributed by atoms with E-state index in [1.807, 2.05) is 32.0 Å². The standard InChI is InChI=1S/C27H25F8NO2/c1-17-10-18(2)12-20(11-17)16-38-23-9-4-3-8-22(23)36(15-24(37)26(30,31)32)14-19-6-5-7-21(13-19)25(28,29)27(33,34)35/h3-13,24,37H,14-16H2,1-2H3. The molecule has 0 saturated heterocycles. The van der Waals surface area contributed by atoms with Crippen molar-refractivity contribution < 1.29 is 45.0 Å². The molecule has 0 aliphatic carbocycles. The molecule has 0 saturated carbocycles. The molecule has 3 aromatic carbocycles. The fourth-order valence-electron chi connectivity index (χ4n) is 3.96. The maximum absolute atomic E-state index is 13.9. The number of aryl methyl sites for hydroxylation is 2. The predicted octanol–water partition coefficient (Wildman–Crippen LogP) is 7.47. The first-order chi connectivity index (χ1) is 17.6. The molecule has 0 heterocycles. The fourth-order valence-corrected chi connectivity index (χ4v) is 3.96. The summed E-state index contributed by atoms with van der Waals surface area (Å²) >= 11 is 0. The van der Waals surface area contributed by atoms with E-state index in [1.165, 1.54) is 24.3 Å². The SMILES string of the molecule is Cc1cc(C)cc(COc2ccccc2N(Cc2cccc(C(F)(F)C(F)(F)F)c2)CC(O)C(F)(F)F)c1. The molecule has 0 aliphatic heterocycles. The third-order valence-corrected chi connectivity index (χ3v) is 5.67. The van der Waals surface area contributed by atoms with Gasteiger partial charge in [-0.3, -0.25) is 0 Å². The van der Waals surface area contributed by atoms with Gasteiger partial charge in [0.25, 0.3) is 0 Å². The average molecular weight is 547 g/mol. The zero-order valence-corrected chi connectivity index (χ0v) is 20.4. The van der Waals surface area contributed by atoms with Crippen LogP contribution in [0.15, 0.2) is 66.7 Å². The molecule has 0 aromatic heterocycles. The van der Waals surface area contributed by atoms with E-state index in [0.717, 1.165) is 27.7 Å². The van der Waals surface area contributed by atoms with Gasteiger partial charge in [-0.1, -0.05) is 59.7 Å². The van der Waals surface area contributed by atoms with Crippen molar-refractivity contribution in [3.63, 3.8) is 0 Å². The molecule has 206 valence electrons. The first kappa shape index (κ1) is 29.2. The van der Waals surface area contributed by atoms with Gasteiger partial charge in [0, 0.05) is 12.1 Å². The third kappa shape index (κ3) is 7.15. The summed E-state index contributed by atoms with van der Waals surface area (Å²) in [6, 6.07) is 15.0. The van der Waals surface area contributed by atoms with Crippen LogP contribution in [0, 0.1) is 13.8 Å². The molecule has 0 fully saturated rings. The normalized spacial score (nSPS) is 13.3. The van der Waals surface area contributed by atoms with Crippen molar-refractivity contribution in [1.29, 1.82) is 0 Å². The summed E-state index contributed by atoms with van der Waals surface area (Å²) in [5.41, 5.74) is 1.36. The summed E-state index contributed by atoms with van der Waals surface area (Å²) in [6.07, 6.45) is -13.7. The molecule has 0 spiro atoms. The van der Waals surface area contributed by atoms with Gasteiger partial charge in [0.05, 0.1) is 12.2 Å². The van der Waals surface area contributed by atoms with E-state index in [0.29, 0.717) is 12.1 Å². The van der Waals surface area contributed by atoms with E-state index < -0.39 is 43.0 Å². The summed E-state index contributed by atoms with van der Waals surface area (Å²) in [7, 11) is 0. The number of halogens is 8. The van der Waals surface area contributed by atoms with E-state index in [2.05, 4.69) is 0 Å². The van der Waals surface area contributed by atoms with Crippen LogP contribution in [0.2, 0.25) is 0 Å². The average Bonchev–Trinajstić information content (AvgIpc) is 2.81. The van der Waals surface area contributed by atoms with E-state index in [9.17, 15) is 40.2 Å². The second-order valence-corrected chi connectivity index (χ2v) is 8.96. The Balaban J connectivity index is 1.96. The van der Waals surface area contributed by atoms with E-state index >= 15 is 0 Å². The van der Waals surface area contributed by atoms with Gasteiger partial charge in [0.2, 0.25) is 0 Å². The second kappa shape index (κ2) is 11.2. The Kier molecular flexibility index (Phi) is 8.60. The number of ether oxygens (including phenoxy) is 1. The summed E-state index contributed by atoms with van der Waals surface area (Å²) in [5, 5.41) is 9.77. The Morgan fingerprint density at radius 2 is 1.42 bits per heavy atom. The molecule has 1 atom stereocenters. The monoisotopic (exact) mass is 547 g/mol. The quantitative estimate of drug-likeness (QED) is 0.282. The van der Waals surface area contributed by atoms with Crippen molar-refractivity contribution >= 4 is 5.69 Å². The van der Waals surface area contributed by atoms with Crippen LogP contribution < -0.4 is 9.64 Å². The van der Waals surface area contributed by atoms with Crippen LogP contribution in [0.1, 0.15) is 27.8 Å². The van der Waals surface area contributed by atoms with E-state index in [1.54, 1.807) is 6.07 Å². The smallest absolute Gasteiger partial charge is 0.458 e. The largest absolute Gasteiger partial charge is 0.487 e. The first-order valence-corrected chi connectivity index (χ1v) is 11.4. The number of nitrogens with zero attached hydrogens (tertiary/aromatic N) is 1. The Morgan fingerprint density at radius 3 is 2.03 bits per heavy atom. The maximum Gasteiger partial charge on any atom is 0.458 e. The summed E-state index contributed by atoms with van der Waals surface area (Å²) in [4.78, 5) is 1.03. The molecule has 3 aromatic rings. The van der Waals surface area contributed by atoms with Gasteiger partial charge in [0.1, 0.15) is 12.4 Å². The number of rotatable bonds is 9. The van der Waals surface area contributed by atoms with Crippen LogP contribution in [-0.4, -0.2) is 30.1 Å². The first-order valence-electron chi connectivity index (χ1n) is 11.4. The van der Waals surface area contributed by atoms with E-state index in [4.69, 9.17) is 4.74 Å². The Labute approximate surface area is 214 Å². The molecule has 0 radical (unpaired) electrons. The lowest BCUT2D eigenvalue weighted by molar-refractivity contribution is -0.289. The van der Waals surface area contributed by atoms with Crippen molar-refractivity contribution in [1.82, 2.24) is 0 Å². The minimum absolute atomic E-state index is 0.0580. The second-order valence-electron chi connectivity index (χ2n) is 8.96. The molecular formula is C27H25F8NO2. The van der Waals surface area contributed by atoms with Crippen LogP contribution in [0.5, 0.6) is 5.75 Å². The van der Waals surface area contributed by atoms with Crippen molar-refractivity contribution in [2.24, 2.45) is 0 Å². The number of benzene rings is 3. The summed E-state index contributed by atoms with van der Waals surface area (Å²) in [5.74, 6) is -5.02. The molecule has 3 rings (SSSR count). The van der Waals surface area contributed by atoms with Gasteiger partial charge >= 0.3 is 18.3 Å². The van der Waals surface area contributed by atoms with Gasteiger partial charge in [0.15, 0.2) is 6.10 Å². The highest BCUT2D eigenvalue weighted by Gasteiger charge is 2.58. The number of para-hydroxylation sites is 2. The van der Waals surface area contributed by atoms with Crippen molar-refractivity contribution in [2.75, 3.05) is 11.4 Å². The molecule has 3 nitrogen and oxygen atoms in total. The summed E-state index contributed by atoms with van der Waals surface area (Å²) in [6.45, 7) is 2.30. The lowest BCUT2D eigenvalue weighted by Gasteiger charge is -2.30. The molecule has 1 unspecified atom stereocenters. The molecular weight excluding hydrogens is 522 g/mol. The van der Waals surface area contributed by atoms with Crippen LogP contribution in [0.3, 0.4) is 0 Å². The van der Waals surface area contributed by atoms with Crippen LogP contribution in [-0.2, 0) is 19.1 Å². The van der Waals surface area contributed by atoms with E-state index in [-0.39, 0.29) is 23.6 Å². The molecule has 38 heavy (non-hydrogen) atoms. The predicted molar refractivity (Wildman–Crippen MR) is 126 cm³/mol. The Bertz CT molecular complexity index is 1220. The number of hydrogen-bond donors (Lipinski definition) is 1. The van der Waals surface area contributed by atoms with Crippen LogP contribution in [0.25, 0.3) is 0 Å². The minimum atomic E-state index is -5.85. The number of hydrogen-bond acceptors (Lipinski definition) is 3. The highest BCUT2D eigenvalue weighted by atomic mass is 19.4. The van der Waals surface area contributed by atoms with Crippen molar-refractivity contribution in [2.45, 2.75) is 51.4 Å². The van der Waals surface area contributed by atoms with Crippen molar-refractivity contribution in [3.05, 3.63) is 94.5 Å². The highest BCUT2D eigenvalue weighted by Crippen LogP contribution is 2.44. The number of alkyl halides is 8. The van der Waals surface area contributed by atoms with Gasteiger partial charge in [-0.25, -0.2) is 0 Å². The fraction of sp³-hybridized carbons (Fsp3) is 0.333. The van der Waals surface area contributed by atoms with Crippen LogP contribution in [0.4, 0.5) is 40.8 Å². The number of anilines is 1. The molecule has 0 aliphatic rings. The Morgan fingerprint density at radius 1 is 0.789 bits per heavy atom.